The van der Waals surface area contributed by atoms with Crippen LogP contribution in [0.1, 0.15) is 56.1 Å². The largest absolute Gasteiger partial charge is 0.384 e. The van der Waals surface area contributed by atoms with Gasteiger partial charge in [0.25, 0.3) is 5.91 Å². The molecule has 4 heteroatoms. The SMILES string of the molecule is CCCNc1cc(C)ncc1C(=O)N1CCCC(C)C1C. The minimum atomic E-state index is 0.111. The van der Waals surface area contributed by atoms with E-state index < -0.39 is 0 Å². The molecule has 0 spiro atoms. The zero-order valence-electron chi connectivity index (χ0n) is 13.6. The van der Waals surface area contributed by atoms with Crippen molar-refractivity contribution in [3.8, 4) is 0 Å². The quantitative estimate of drug-likeness (QED) is 0.923. The van der Waals surface area contributed by atoms with Crippen molar-refractivity contribution in [2.75, 3.05) is 18.4 Å². The van der Waals surface area contributed by atoms with Gasteiger partial charge in [-0.15, -0.1) is 0 Å². The molecule has 2 atom stereocenters. The van der Waals surface area contributed by atoms with Gasteiger partial charge in [-0.1, -0.05) is 13.8 Å². The van der Waals surface area contributed by atoms with Gasteiger partial charge in [-0.2, -0.15) is 0 Å². The van der Waals surface area contributed by atoms with E-state index in [1.54, 1.807) is 6.20 Å². The summed E-state index contributed by atoms with van der Waals surface area (Å²) in [5, 5.41) is 3.36. The summed E-state index contributed by atoms with van der Waals surface area (Å²) in [6.07, 6.45) is 5.06. The number of aryl methyl sites for hydroxylation is 1. The number of likely N-dealkylation sites (tertiary alicyclic amines) is 1. The van der Waals surface area contributed by atoms with Gasteiger partial charge in [-0.25, -0.2) is 0 Å². The van der Waals surface area contributed by atoms with Crippen LogP contribution in [0.3, 0.4) is 0 Å². The van der Waals surface area contributed by atoms with Crippen LogP contribution < -0.4 is 5.32 Å². The monoisotopic (exact) mass is 289 g/mol. The number of nitrogens with zero attached hydrogens (tertiary/aromatic N) is 2. The van der Waals surface area contributed by atoms with E-state index in [1.165, 1.54) is 6.42 Å². The highest BCUT2D eigenvalue weighted by molar-refractivity contribution is 5.99. The number of piperidine rings is 1. The molecule has 1 aliphatic heterocycles. The normalized spacial score (nSPS) is 22.2. The van der Waals surface area contributed by atoms with Gasteiger partial charge in [0.2, 0.25) is 0 Å². The average molecular weight is 289 g/mol. The summed E-state index contributed by atoms with van der Waals surface area (Å²) < 4.78 is 0. The summed E-state index contributed by atoms with van der Waals surface area (Å²) in [5.74, 6) is 0.674. The van der Waals surface area contributed by atoms with Gasteiger partial charge in [0, 0.05) is 31.0 Å². The molecule has 4 nitrogen and oxygen atoms in total. The van der Waals surface area contributed by atoms with Crippen molar-refractivity contribution in [1.82, 2.24) is 9.88 Å². The van der Waals surface area contributed by atoms with Gasteiger partial charge in [0.15, 0.2) is 0 Å². The molecule has 1 aliphatic rings. The summed E-state index contributed by atoms with van der Waals surface area (Å²) in [6.45, 7) is 10.2. The van der Waals surface area contributed by atoms with Crippen molar-refractivity contribution < 1.29 is 4.79 Å². The zero-order valence-corrected chi connectivity index (χ0v) is 13.6. The molecule has 1 aromatic heterocycles. The fourth-order valence-corrected chi connectivity index (χ4v) is 2.91. The summed E-state index contributed by atoms with van der Waals surface area (Å²) in [5.41, 5.74) is 2.56. The van der Waals surface area contributed by atoms with Crippen LogP contribution in [-0.4, -0.2) is 34.9 Å². The Bertz CT molecular complexity index is 501. The van der Waals surface area contributed by atoms with E-state index in [1.807, 2.05) is 17.9 Å². The zero-order chi connectivity index (χ0) is 15.4. The Kier molecular flexibility index (Phi) is 5.21. The maximum atomic E-state index is 12.9. The number of amides is 1. The lowest BCUT2D eigenvalue weighted by Gasteiger charge is -2.38. The minimum Gasteiger partial charge on any atom is -0.384 e. The van der Waals surface area contributed by atoms with E-state index in [9.17, 15) is 4.79 Å². The number of carbonyl (C=O) groups excluding carboxylic acids is 1. The lowest BCUT2D eigenvalue weighted by molar-refractivity contribution is 0.0551. The van der Waals surface area contributed by atoms with Gasteiger partial charge < -0.3 is 10.2 Å². The van der Waals surface area contributed by atoms with Crippen molar-refractivity contribution in [2.24, 2.45) is 5.92 Å². The standard InChI is InChI=1S/C17H27N3O/c1-5-8-18-16-10-13(3)19-11-15(16)17(21)20-9-6-7-12(2)14(20)4/h10-12,14H,5-9H2,1-4H3,(H,18,19). The first-order valence-corrected chi connectivity index (χ1v) is 8.06. The summed E-state index contributed by atoms with van der Waals surface area (Å²) >= 11 is 0. The Morgan fingerprint density at radius 3 is 2.95 bits per heavy atom. The molecule has 2 rings (SSSR count). The van der Waals surface area contributed by atoms with Crippen LogP contribution in [0.4, 0.5) is 5.69 Å². The summed E-state index contributed by atoms with van der Waals surface area (Å²) in [4.78, 5) is 19.2. The highest BCUT2D eigenvalue weighted by Gasteiger charge is 2.30. The molecule has 1 fully saturated rings. The lowest BCUT2D eigenvalue weighted by atomic mass is 9.91. The van der Waals surface area contributed by atoms with Crippen LogP contribution in [-0.2, 0) is 0 Å². The molecule has 1 saturated heterocycles. The molecule has 2 heterocycles. The van der Waals surface area contributed by atoms with Gasteiger partial charge in [0.05, 0.1) is 11.3 Å². The van der Waals surface area contributed by atoms with E-state index in [-0.39, 0.29) is 5.91 Å². The topological polar surface area (TPSA) is 45.2 Å². The van der Waals surface area contributed by atoms with Gasteiger partial charge in [-0.3, -0.25) is 9.78 Å². The molecule has 1 amide bonds. The molecule has 0 radical (unpaired) electrons. The minimum absolute atomic E-state index is 0.111. The number of aromatic nitrogens is 1. The Morgan fingerprint density at radius 2 is 2.24 bits per heavy atom. The van der Waals surface area contributed by atoms with E-state index in [2.05, 4.69) is 31.1 Å². The van der Waals surface area contributed by atoms with Crippen LogP contribution in [0.25, 0.3) is 0 Å². The highest BCUT2D eigenvalue weighted by Crippen LogP contribution is 2.26. The van der Waals surface area contributed by atoms with Crippen LogP contribution in [0, 0.1) is 12.8 Å². The molecule has 21 heavy (non-hydrogen) atoms. The molecule has 1 aromatic rings. The molecule has 116 valence electrons. The molecule has 0 aliphatic carbocycles. The summed E-state index contributed by atoms with van der Waals surface area (Å²) in [7, 11) is 0. The number of anilines is 1. The molecule has 1 N–H and O–H groups in total. The Hall–Kier alpha value is -1.58. The second-order valence-corrected chi connectivity index (χ2v) is 6.16. The second kappa shape index (κ2) is 6.92. The Morgan fingerprint density at radius 1 is 1.48 bits per heavy atom. The van der Waals surface area contributed by atoms with Gasteiger partial charge in [-0.05, 0) is 45.1 Å². The van der Waals surface area contributed by atoms with Crippen LogP contribution in [0.15, 0.2) is 12.3 Å². The lowest BCUT2D eigenvalue weighted by Crippen LogP contribution is -2.46. The number of pyridine rings is 1. The fraction of sp³-hybridized carbons (Fsp3) is 0.647. The maximum absolute atomic E-state index is 12.9. The van der Waals surface area contributed by atoms with Crippen molar-refractivity contribution in [2.45, 2.75) is 53.0 Å². The van der Waals surface area contributed by atoms with Gasteiger partial charge in [0.1, 0.15) is 0 Å². The van der Waals surface area contributed by atoms with E-state index >= 15 is 0 Å². The van der Waals surface area contributed by atoms with E-state index in [0.29, 0.717) is 17.5 Å². The Balaban J connectivity index is 2.25. The van der Waals surface area contributed by atoms with Crippen LogP contribution >= 0.6 is 0 Å². The van der Waals surface area contributed by atoms with Crippen molar-refractivity contribution in [1.29, 1.82) is 0 Å². The molecular formula is C17H27N3O. The average Bonchev–Trinajstić information content (AvgIpc) is 2.47. The summed E-state index contributed by atoms with van der Waals surface area (Å²) in [6, 6.07) is 2.27. The first kappa shape index (κ1) is 15.8. The number of carbonyl (C=O) groups is 1. The molecular weight excluding hydrogens is 262 g/mol. The second-order valence-electron chi connectivity index (χ2n) is 6.16. The van der Waals surface area contributed by atoms with Crippen LogP contribution in [0.2, 0.25) is 0 Å². The smallest absolute Gasteiger partial charge is 0.257 e. The third-order valence-electron chi connectivity index (χ3n) is 4.47. The predicted molar refractivity (Wildman–Crippen MR) is 86.7 cm³/mol. The molecule has 0 aromatic carbocycles. The first-order chi connectivity index (χ1) is 10.0. The first-order valence-electron chi connectivity index (χ1n) is 8.06. The predicted octanol–water partition coefficient (Wildman–Crippen LogP) is 3.47. The number of nitrogens with one attached hydrogen (secondary N) is 1. The van der Waals surface area contributed by atoms with Crippen molar-refractivity contribution in [3.63, 3.8) is 0 Å². The van der Waals surface area contributed by atoms with Crippen molar-refractivity contribution in [3.05, 3.63) is 23.5 Å². The van der Waals surface area contributed by atoms with Crippen molar-refractivity contribution >= 4 is 11.6 Å². The molecule has 2 unspecified atom stereocenters. The number of hydrogen-bond acceptors (Lipinski definition) is 3. The van der Waals surface area contributed by atoms with Crippen LogP contribution in [0.5, 0.6) is 0 Å². The van der Waals surface area contributed by atoms with E-state index in [4.69, 9.17) is 0 Å². The third-order valence-corrected chi connectivity index (χ3v) is 4.47. The number of hydrogen-bond donors (Lipinski definition) is 1. The molecule has 0 bridgehead atoms. The van der Waals surface area contributed by atoms with Gasteiger partial charge >= 0.3 is 0 Å². The third kappa shape index (κ3) is 3.55. The fourth-order valence-electron chi connectivity index (χ4n) is 2.91. The Labute approximate surface area is 127 Å². The van der Waals surface area contributed by atoms with E-state index in [0.717, 1.165) is 37.3 Å². The maximum Gasteiger partial charge on any atom is 0.257 e. The highest BCUT2D eigenvalue weighted by atomic mass is 16.2. The number of rotatable bonds is 4. The molecule has 0 saturated carbocycles.